The van der Waals surface area contributed by atoms with Crippen LogP contribution in [0.2, 0.25) is 5.02 Å². The van der Waals surface area contributed by atoms with E-state index in [4.69, 9.17) is 17.3 Å². The Morgan fingerprint density at radius 2 is 2.31 bits per heavy atom. The number of amides is 1. The van der Waals surface area contributed by atoms with Crippen LogP contribution in [0.4, 0.5) is 5.82 Å². The molecule has 5 heteroatoms. The molecule has 1 saturated carbocycles. The number of rotatable bonds is 3. The van der Waals surface area contributed by atoms with Gasteiger partial charge in [-0.25, -0.2) is 4.98 Å². The number of nitrogens with two attached hydrogens (primary N) is 1. The van der Waals surface area contributed by atoms with Gasteiger partial charge in [0.05, 0.1) is 5.02 Å². The molecule has 1 heterocycles. The summed E-state index contributed by atoms with van der Waals surface area (Å²) in [7, 11) is 0. The van der Waals surface area contributed by atoms with Crippen molar-refractivity contribution in [1.29, 1.82) is 0 Å². The third kappa shape index (κ3) is 2.71. The van der Waals surface area contributed by atoms with Crippen LogP contribution in [0.3, 0.4) is 0 Å². The zero-order valence-corrected chi connectivity index (χ0v) is 9.63. The van der Waals surface area contributed by atoms with Crippen LogP contribution < -0.4 is 11.1 Å². The molecule has 1 aliphatic carbocycles. The first-order chi connectivity index (χ1) is 7.57. The first-order valence-corrected chi connectivity index (χ1v) is 5.66. The first kappa shape index (κ1) is 11.4. The third-order valence-corrected chi connectivity index (χ3v) is 3.08. The molecule has 0 saturated heterocycles. The summed E-state index contributed by atoms with van der Waals surface area (Å²) < 4.78 is 0. The van der Waals surface area contributed by atoms with Gasteiger partial charge < -0.3 is 11.1 Å². The lowest BCUT2D eigenvalue weighted by molar-refractivity contribution is -0.118. The molecule has 1 fully saturated rings. The molecular formula is C11H14ClN3O. The standard InChI is InChI=1S/C11H14ClN3O/c12-8-2-3-9(14-7-8)15-10(16)6-11(13)4-1-5-11/h2-3,7H,1,4-6,13H2,(H,14,15,16). The van der Waals surface area contributed by atoms with Crippen molar-refractivity contribution in [1.82, 2.24) is 4.98 Å². The van der Waals surface area contributed by atoms with Gasteiger partial charge in [0, 0.05) is 18.2 Å². The predicted octanol–water partition coefficient (Wildman–Crippen LogP) is 1.94. The molecule has 0 radical (unpaired) electrons. The molecule has 0 aromatic carbocycles. The van der Waals surface area contributed by atoms with Crippen molar-refractivity contribution in [2.24, 2.45) is 5.73 Å². The van der Waals surface area contributed by atoms with E-state index in [-0.39, 0.29) is 11.4 Å². The van der Waals surface area contributed by atoms with Crippen LogP contribution in [0.1, 0.15) is 25.7 Å². The Balaban J connectivity index is 1.89. The van der Waals surface area contributed by atoms with Crippen molar-refractivity contribution < 1.29 is 4.79 Å². The molecule has 1 aromatic heterocycles. The summed E-state index contributed by atoms with van der Waals surface area (Å²) in [6.45, 7) is 0. The van der Waals surface area contributed by atoms with Gasteiger partial charge in [-0.2, -0.15) is 0 Å². The maximum atomic E-state index is 11.6. The van der Waals surface area contributed by atoms with E-state index in [1.807, 2.05) is 0 Å². The highest BCUT2D eigenvalue weighted by molar-refractivity contribution is 6.30. The number of nitrogens with one attached hydrogen (secondary N) is 1. The number of pyridine rings is 1. The van der Waals surface area contributed by atoms with Crippen LogP contribution in [0.5, 0.6) is 0 Å². The van der Waals surface area contributed by atoms with Gasteiger partial charge in [-0.3, -0.25) is 4.79 Å². The zero-order chi connectivity index (χ0) is 11.6. The molecule has 0 unspecified atom stereocenters. The summed E-state index contributed by atoms with van der Waals surface area (Å²) in [5.74, 6) is 0.425. The Hall–Kier alpha value is -1.13. The number of halogens is 1. The second-order valence-electron chi connectivity index (χ2n) is 4.30. The smallest absolute Gasteiger partial charge is 0.227 e. The molecule has 16 heavy (non-hydrogen) atoms. The van der Waals surface area contributed by atoms with Gasteiger partial charge in [0.2, 0.25) is 5.91 Å². The average molecular weight is 240 g/mol. The topological polar surface area (TPSA) is 68.0 Å². The van der Waals surface area contributed by atoms with Crippen molar-refractivity contribution in [2.75, 3.05) is 5.32 Å². The minimum Gasteiger partial charge on any atom is -0.325 e. The molecule has 0 spiro atoms. The van der Waals surface area contributed by atoms with Crippen LogP contribution >= 0.6 is 11.6 Å². The van der Waals surface area contributed by atoms with E-state index < -0.39 is 0 Å². The van der Waals surface area contributed by atoms with Gasteiger partial charge in [0.1, 0.15) is 5.82 Å². The summed E-state index contributed by atoms with van der Waals surface area (Å²) >= 11 is 5.69. The first-order valence-electron chi connectivity index (χ1n) is 5.28. The van der Waals surface area contributed by atoms with Crippen LogP contribution in [0, 0.1) is 0 Å². The number of aromatic nitrogens is 1. The van der Waals surface area contributed by atoms with E-state index in [1.165, 1.54) is 6.20 Å². The van der Waals surface area contributed by atoms with Gasteiger partial charge in [-0.15, -0.1) is 0 Å². The summed E-state index contributed by atoms with van der Waals surface area (Å²) in [4.78, 5) is 15.6. The molecule has 4 nitrogen and oxygen atoms in total. The SMILES string of the molecule is NC1(CC(=O)Nc2ccc(Cl)cn2)CCC1. The molecule has 1 amide bonds. The summed E-state index contributed by atoms with van der Waals surface area (Å²) in [5.41, 5.74) is 5.68. The Labute approximate surface area is 99.2 Å². The van der Waals surface area contributed by atoms with E-state index in [9.17, 15) is 4.79 Å². The fourth-order valence-electron chi connectivity index (χ4n) is 1.76. The lowest BCUT2D eigenvalue weighted by Gasteiger charge is -2.37. The van der Waals surface area contributed by atoms with Crippen LogP contribution in [-0.4, -0.2) is 16.4 Å². The normalized spacial score (nSPS) is 17.6. The molecule has 0 bridgehead atoms. The fourth-order valence-corrected chi connectivity index (χ4v) is 1.88. The quantitative estimate of drug-likeness (QED) is 0.847. The van der Waals surface area contributed by atoms with Gasteiger partial charge in [-0.1, -0.05) is 11.6 Å². The number of hydrogen-bond acceptors (Lipinski definition) is 3. The Morgan fingerprint density at radius 1 is 1.56 bits per heavy atom. The van der Waals surface area contributed by atoms with Crippen molar-refractivity contribution in [3.63, 3.8) is 0 Å². The average Bonchev–Trinajstić information content (AvgIpc) is 2.19. The minimum absolute atomic E-state index is 0.0861. The number of nitrogens with zero attached hydrogens (tertiary/aromatic N) is 1. The van der Waals surface area contributed by atoms with Crippen molar-refractivity contribution in [3.8, 4) is 0 Å². The van der Waals surface area contributed by atoms with Gasteiger partial charge >= 0.3 is 0 Å². The Kier molecular flexibility index (Phi) is 3.12. The van der Waals surface area contributed by atoms with Gasteiger partial charge in [0.25, 0.3) is 0 Å². The second-order valence-corrected chi connectivity index (χ2v) is 4.74. The lowest BCUT2D eigenvalue weighted by atomic mass is 9.75. The monoisotopic (exact) mass is 239 g/mol. The molecule has 1 aliphatic rings. The van der Waals surface area contributed by atoms with Crippen LogP contribution in [0.25, 0.3) is 0 Å². The van der Waals surface area contributed by atoms with Gasteiger partial charge in [-0.05, 0) is 31.4 Å². The molecule has 3 N–H and O–H groups in total. The molecule has 0 atom stereocenters. The van der Waals surface area contributed by atoms with E-state index in [1.54, 1.807) is 12.1 Å². The van der Waals surface area contributed by atoms with E-state index in [2.05, 4.69) is 10.3 Å². The largest absolute Gasteiger partial charge is 0.325 e. The second kappa shape index (κ2) is 4.39. The fraction of sp³-hybridized carbons (Fsp3) is 0.455. The Morgan fingerprint density at radius 3 is 2.81 bits per heavy atom. The highest BCUT2D eigenvalue weighted by Crippen LogP contribution is 2.32. The maximum absolute atomic E-state index is 11.6. The summed E-state index contributed by atoms with van der Waals surface area (Å²) in [6.07, 6.45) is 4.82. The maximum Gasteiger partial charge on any atom is 0.227 e. The molecular weight excluding hydrogens is 226 g/mol. The minimum atomic E-state index is -0.295. The van der Waals surface area contributed by atoms with Crippen molar-refractivity contribution in [2.45, 2.75) is 31.2 Å². The molecule has 86 valence electrons. The molecule has 1 aromatic rings. The van der Waals surface area contributed by atoms with Gasteiger partial charge in [0.15, 0.2) is 0 Å². The van der Waals surface area contributed by atoms with E-state index in [0.29, 0.717) is 17.3 Å². The van der Waals surface area contributed by atoms with E-state index >= 15 is 0 Å². The van der Waals surface area contributed by atoms with Crippen molar-refractivity contribution >= 4 is 23.3 Å². The summed E-state index contributed by atoms with van der Waals surface area (Å²) in [5, 5.41) is 3.25. The van der Waals surface area contributed by atoms with Crippen LogP contribution in [-0.2, 0) is 4.79 Å². The molecule has 0 aliphatic heterocycles. The van der Waals surface area contributed by atoms with Crippen LogP contribution in [0.15, 0.2) is 18.3 Å². The summed E-state index contributed by atoms with van der Waals surface area (Å²) in [6, 6.07) is 3.36. The zero-order valence-electron chi connectivity index (χ0n) is 8.87. The number of anilines is 1. The number of hydrogen-bond donors (Lipinski definition) is 2. The number of carbonyl (C=O) groups excluding carboxylic acids is 1. The number of carbonyl (C=O) groups is 1. The molecule has 2 rings (SSSR count). The predicted molar refractivity (Wildman–Crippen MR) is 63.3 cm³/mol. The van der Waals surface area contributed by atoms with Crippen molar-refractivity contribution in [3.05, 3.63) is 23.4 Å². The Bertz CT molecular complexity index is 387. The third-order valence-electron chi connectivity index (χ3n) is 2.86. The highest BCUT2D eigenvalue weighted by atomic mass is 35.5. The van der Waals surface area contributed by atoms with E-state index in [0.717, 1.165) is 19.3 Å². The highest BCUT2D eigenvalue weighted by Gasteiger charge is 2.34. The lowest BCUT2D eigenvalue weighted by Crippen LogP contribution is -2.48.